The van der Waals surface area contributed by atoms with E-state index in [9.17, 15) is 4.79 Å². The van der Waals surface area contributed by atoms with Crippen molar-refractivity contribution in [3.05, 3.63) is 17.5 Å². The highest BCUT2D eigenvalue weighted by Gasteiger charge is 2.27. The second-order valence-electron chi connectivity index (χ2n) is 5.89. The first-order valence-electron chi connectivity index (χ1n) is 6.69. The summed E-state index contributed by atoms with van der Waals surface area (Å²) in [5.41, 5.74) is 1.48. The number of hydrogen-bond acceptors (Lipinski definition) is 2. The maximum atomic E-state index is 12.4. The quantitative estimate of drug-likeness (QED) is 0.846. The Kier molecular flexibility index (Phi) is 5.41. The summed E-state index contributed by atoms with van der Waals surface area (Å²) >= 11 is 5.83. The van der Waals surface area contributed by atoms with Gasteiger partial charge in [0.2, 0.25) is 0 Å². The molecule has 0 aromatic carbocycles. The molecule has 0 bridgehead atoms. The fourth-order valence-corrected chi connectivity index (χ4v) is 2.27. The van der Waals surface area contributed by atoms with Gasteiger partial charge in [-0.2, -0.15) is 5.10 Å². The molecule has 4 nitrogen and oxygen atoms in total. The molecule has 0 fully saturated rings. The molecule has 1 heterocycles. The molecule has 1 amide bonds. The Labute approximate surface area is 120 Å². The van der Waals surface area contributed by atoms with E-state index in [1.165, 1.54) is 0 Å². The van der Waals surface area contributed by atoms with Crippen LogP contribution >= 0.6 is 11.6 Å². The van der Waals surface area contributed by atoms with Crippen molar-refractivity contribution in [1.82, 2.24) is 15.1 Å². The largest absolute Gasteiger partial charge is 0.349 e. The van der Waals surface area contributed by atoms with Crippen molar-refractivity contribution >= 4 is 17.5 Å². The molecular formula is C14H24ClN3O. The van der Waals surface area contributed by atoms with Crippen LogP contribution in [0.2, 0.25) is 0 Å². The van der Waals surface area contributed by atoms with Gasteiger partial charge in [-0.15, -0.1) is 11.6 Å². The Bertz CT molecular complexity index is 434. The molecule has 0 aliphatic rings. The van der Waals surface area contributed by atoms with Gasteiger partial charge in [-0.05, 0) is 18.3 Å². The van der Waals surface area contributed by atoms with E-state index in [4.69, 9.17) is 11.6 Å². The summed E-state index contributed by atoms with van der Waals surface area (Å²) in [6, 6.07) is 0.0578. The van der Waals surface area contributed by atoms with Crippen LogP contribution in [0.15, 0.2) is 6.20 Å². The number of hydrogen-bond donors (Lipinski definition) is 1. The first kappa shape index (κ1) is 16.0. The van der Waals surface area contributed by atoms with Crippen molar-refractivity contribution < 1.29 is 4.79 Å². The van der Waals surface area contributed by atoms with Gasteiger partial charge >= 0.3 is 0 Å². The number of aromatic nitrogens is 2. The van der Waals surface area contributed by atoms with Crippen molar-refractivity contribution in [2.45, 2.75) is 46.6 Å². The van der Waals surface area contributed by atoms with Crippen molar-refractivity contribution in [3.8, 4) is 0 Å². The van der Waals surface area contributed by atoms with Gasteiger partial charge in [-0.25, -0.2) is 0 Å². The first-order valence-corrected chi connectivity index (χ1v) is 7.22. The fourth-order valence-electron chi connectivity index (χ4n) is 2.05. The monoisotopic (exact) mass is 285 g/mol. The van der Waals surface area contributed by atoms with Crippen LogP contribution in [-0.4, -0.2) is 27.6 Å². The zero-order valence-corrected chi connectivity index (χ0v) is 13.2. The number of nitrogens with zero attached hydrogens (tertiary/aromatic N) is 2. The van der Waals surface area contributed by atoms with E-state index in [2.05, 4.69) is 31.2 Å². The molecule has 1 aromatic rings. The molecule has 0 saturated carbocycles. The minimum absolute atomic E-state index is 0.0147. The van der Waals surface area contributed by atoms with Crippen molar-refractivity contribution in [3.63, 3.8) is 0 Å². The van der Waals surface area contributed by atoms with Crippen LogP contribution in [0.25, 0.3) is 0 Å². The van der Waals surface area contributed by atoms with E-state index in [0.29, 0.717) is 11.4 Å². The van der Waals surface area contributed by atoms with Gasteiger partial charge in [-0.3, -0.25) is 9.48 Å². The molecule has 0 saturated heterocycles. The number of nitrogens with one attached hydrogen (secondary N) is 1. The highest BCUT2D eigenvalue weighted by Crippen LogP contribution is 2.23. The number of carbonyl (C=O) groups excluding carboxylic acids is 1. The lowest BCUT2D eigenvalue weighted by molar-refractivity contribution is 0.0899. The minimum Gasteiger partial charge on any atom is -0.349 e. The molecule has 0 radical (unpaired) electrons. The van der Waals surface area contributed by atoms with Crippen LogP contribution in [0.4, 0.5) is 0 Å². The average molecular weight is 286 g/mol. The van der Waals surface area contributed by atoms with E-state index < -0.39 is 0 Å². The van der Waals surface area contributed by atoms with E-state index in [0.717, 1.165) is 18.5 Å². The molecule has 1 rings (SSSR count). The van der Waals surface area contributed by atoms with Crippen LogP contribution < -0.4 is 5.32 Å². The van der Waals surface area contributed by atoms with Gasteiger partial charge in [0.15, 0.2) is 0 Å². The Morgan fingerprint density at radius 1 is 1.53 bits per heavy atom. The van der Waals surface area contributed by atoms with E-state index in [1.54, 1.807) is 10.9 Å². The summed E-state index contributed by atoms with van der Waals surface area (Å²) in [6.45, 7) is 8.32. The molecule has 1 atom stereocenters. The molecular weight excluding hydrogens is 262 g/mol. The molecule has 0 spiro atoms. The summed E-state index contributed by atoms with van der Waals surface area (Å²) in [7, 11) is 1.83. The molecule has 0 aliphatic heterocycles. The molecule has 108 valence electrons. The molecule has 19 heavy (non-hydrogen) atoms. The van der Waals surface area contributed by atoms with Crippen LogP contribution in [0.5, 0.6) is 0 Å². The number of alkyl halides is 1. The number of rotatable bonds is 5. The third kappa shape index (κ3) is 4.23. The second-order valence-corrected chi connectivity index (χ2v) is 6.26. The van der Waals surface area contributed by atoms with E-state index in [-0.39, 0.29) is 17.4 Å². The Morgan fingerprint density at radius 3 is 2.63 bits per heavy atom. The molecule has 1 unspecified atom stereocenters. The Hall–Kier alpha value is -1.03. The number of halogens is 1. The Balaban J connectivity index is 2.87. The third-order valence-electron chi connectivity index (χ3n) is 3.23. The summed E-state index contributed by atoms with van der Waals surface area (Å²) in [5.74, 6) is 0.477. The van der Waals surface area contributed by atoms with E-state index in [1.807, 2.05) is 14.0 Å². The maximum absolute atomic E-state index is 12.4. The van der Waals surface area contributed by atoms with Gasteiger partial charge in [0.05, 0.1) is 11.3 Å². The lowest BCUT2D eigenvalue weighted by Gasteiger charge is -2.31. The predicted molar refractivity (Wildman–Crippen MR) is 78.6 cm³/mol. The minimum atomic E-state index is -0.0602. The lowest BCUT2D eigenvalue weighted by Crippen LogP contribution is -2.44. The second kappa shape index (κ2) is 6.42. The molecule has 0 aliphatic carbocycles. The molecule has 1 N–H and O–H groups in total. The lowest BCUT2D eigenvalue weighted by atomic mass is 9.85. The third-order valence-corrected chi connectivity index (χ3v) is 3.45. The summed E-state index contributed by atoms with van der Waals surface area (Å²) < 4.78 is 1.68. The molecule has 5 heteroatoms. The fraction of sp³-hybridized carbons (Fsp3) is 0.714. The average Bonchev–Trinajstić information content (AvgIpc) is 2.68. The van der Waals surface area contributed by atoms with Gasteiger partial charge in [-0.1, -0.05) is 27.7 Å². The van der Waals surface area contributed by atoms with E-state index >= 15 is 0 Å². The standard InChI is InChI=1S/C14H24ClN3O/c1-6-11-10(9-18(5)17-11)13(19)16-12(7-8-15)14(2,3)4/h9,12H,6-8H2,1-5H3,(H,16,19). The summed E-state index contributed by atoms with van der Waals surface area (Å²) in [5, 5.41) is 7.38. The normalized spacial score (nSPS) is 13.4. The van der Waals surface area contributed by atoms with Crippen LogP contribution in [0, 0.1) is 5.41 Å². The number of carbonyl (C=O) groups is 1. The molecule has 1 aromatic heterocycles. The summed E-state index contributed by atoms with van der Waals surface area (Å²) in [6.07, 6.45) is 3.28. The zero-order valence-electron chi connectivity index (χ0n) is 12.5. The van der Waals surface area contributed by atoms with Gasteiger partial charge in [0, 0.05) is 25.2 Å². The van der Waals surface area contributed by atoms with Crippen molar-refractivity contribution in [2.75, 3.05) is 5.88 Å². The van der Waals surface area contributed by atoms with Crippen LogP contribution in [0.1, 0.15) is 50.2 Å². The van der Waals surface area contributed by atoms with Gasteiger partial charge in [0.25, 0.3) is 5.91 Å². The topological polar surface area (TPSA) is 46.9 Å². The number of amides is 1. The predicted octanol–water partition coefficient (Wildman–Crippen LogP) is 2.76. The van der Waals surface area contributed by atoms with Crippen LogP contribution in [0.3, 0.4) is 0 Å². The van der Waals surface area contributed by atoms with Crippen molar-refractivity contribution in [2.24, 2.45) is 12.5 Å². The SMILES string of the molecule is CCc1nn(C)cc1C(=O)NC(CCCl)C(C)(C)C. The van der Waals surface area contributed by atoms with Crippen LogP contribution in [-0.2, 0) is 13.5 Å². The van der Waals surface area contributed by atoms with Gasteiger partial charge in [0.1, 0.15) is 0 Å². The van der Waals surface area contributed by atoms with Crippen molar-refractivity contribution in [1.29, 1.82) is 0 Å². The zero-order chi connectivity index (χ0) is 14.6. The summed E-state index contributed by atoms with van der Waals surface area (Å²) in [4.78, 5) is 12.4. The smallest absolute Gasteiger partial charge is 0.254 e. The maximum Gasteiger partial charge on any atom is 0.254 e. The number of aryl methyl sites for hydroxylation is 2. The highest BCUT2D eigenvalue weighted by atomic mass is 35.5. The van der Waals surface area contributed by atoms with Gasteiger partial charge < -0.3 is 5.32 Å². The highest BCUT2D eigenvalue weighted by molar-refractivity contribution is 6.17. The first-order chi connectivity index (χ1) is 8.79. The Morgan fingerprint density at radius 2 is 2.16 bits per heavy atom.